The van der Waals surface area contributed by atoms with Gasteiger partial charge in [-0.1, -0.05) is 6.07 Å². The van der Waals surface area contributed by atoms with E-state index in [-0.39, 0.29) is 30.6 Å². The Balaban J connectivity index is 0.00000110. The van der Waals surface area contributed by atoms with Gasteiger partial charge in [-0.05, 0) is 38.0 Å². The molecule has 1 aromatic carbocycles. The SMILES string of the molecule is CCO.CCOCC(=O)NCCc1ccc(O)c(O)c1. The van der Waals surface area contributed by atoms with Crippen molar-refractivity contribution in [3.05, 3.63) is 23.8 Å². The fourth-order valence-corrected chi connectivity index (χ4v) is 1.32. The molecule has 0 spiro atoms. The highest BCUT2D eigenvalue weighted by Gasteiger charge is 2.02. The normalized spacial score (nSPS) is 9.55. The molecular weight excluding hydrogens is 262 g/mol. The Bertz CT molecular complexity index is 395. The van der Waals surface area contributed by atoms with E-state index in [0.717, 1.165) is 5.56 Å². The zero-order chi connectivity index (χ0) is 15.4. The molecule has 0 bridgehead atoms. The summed E-state index contributed by atoms with van der Waals surface area (Å²) in [6, 6.07) is 4.60. The molecule has 0 fully saturated rings. The number of phenols is 2. The van der Waals surface area contributed by atoms with Gasteiger partial charge in [0.25, 0.3) is 0 Å². The standard InChI is InChI=1S/C12H17NO4.C2H6O/c1-2-17-8-12(16)13-6-5-9-3-4-10(14)11(15)7-9;1-2-3/h3-4,7,14-15H,2,5-6,8H2,1H3,(H,13,16);3H,2H2,1H3. The first-order valence-electron chi connectivity index (χ1n) is 6.51. The van der Waals surface area contributed by atoms with Crippen LogP contribution in [0.4, 0.5) is 0 Å². The number of nitrogens with one attached hydrogen (secondary N) is 1. The van der Waals surface area contributed by atoms with Crippen LogP contribution in [0.25, 0.3) is 0 Å². The minimum atomic E-state index is -0.158. The molecule has 1 rings (SSSR count). The quantitative estimate of drug-likeness (QED) is 0.579. The Hall–Kier alpha value is -1.79. The van der Waals surface area contributed by atoms with Gasteiger partial charge in [0.15, 0.2) is 11.5 Å². The highest BCUT2D eigenvalue weighted by molar-refractivity contribution is 5.77. The number of rotatable bonds is 6. The first-order valence-corrected chi connectivity index (χ1v) is 6.51. The van der Waals surface area contributed by atoms with Gasteiger partial charge >= 0.3 is 0 Å². The van der Waals surface area contributed by atoms with Crippen molar-refractivity contribution >= 4 is 5.91 Å². The molecule has 0 aliphatic heterocycles. The van der Waals surface area contributed by atoms with Crippen molar-refractivity contribution < 1.29 is 24.9 Å². The van der Waals surface area contributed by atoms with Crippen molar-refractivity contribution in [3.63, 3.8) is 0 Å². The van der Waals surface area contributed by atoms with Gasteiger partial charge in [0.05, 0.1) is 0 Å². The van der Waals surface area contributed by atoms with Crippen LogP contribution in [-0.2, 0) is 16.0 Å². The number of benzene rings is 1. The Labute approximate surface area is 119 Å². The molecule has 114 valence electrons. The molecule has 4 N–H and O–H groups in total. The summed E-state index contributed by atoms with van der Waals surface area (Å²) in [5.74, 6) is -0.452. The molecule has 0 heterocycles. The van der Waals surface area contributed by atoms with Crippen LogP contribution in [0.1, 0.15) is 19.4 Å². The molecule has 0 saturated heterocycles. The molecule has 0 aromatic heterocycles. The fourth-order valence-electron chi connectivity index (χ4n) is 1.32. The maximum Gasteiger partial charge on any atom is 0.246 e. The van der Waals surface area contributed by atoms with Crippen LogP contribution in [0, 0.1) is 0 Å². The lowest BCUT2D eigenvalue weighted by atomic mass is 10.1. The summed E-state index contributed by atoms with van der Waals surface area (Å²) in [4.78, 5) is 11.2. The van der Waals surface area contributed by atoms with Crippen molar-refractivity contribution in [1.82, 2.24) is 5.32 Å². The number of carbonyl (C=O) groups excluding carboxylic acids is 1. The summed E-state index contributed by atoms with van der Waals surface area (Å²) >= 11 is 0. The van der Waals surface area contributed by atoms with Crippen LogP contribution in [-0.4, -0.2) is 47.6 Å². The topological polar surface area (TPSA) is 99.0 Å². The van der Waals surface area contributed by atoms with Gasteiger partial charge in [0.1, 0.15) is 6.61 Å². The van der Waals surface area contributed by atoms with E-state index in [9.17, 15) is 9.90 Å². The molecule has 6 heteroatoms. The van der Waals surface area contributed by atoms with Crippen LogP contribution < -0.4 is 5.32 Å². The van der Waals surface area contributed by atoms with Crippen molar-refractivity contribution in [3.8, 4) is 11.5 Å². The minimum Gasteiger partial charge on any atom is -0.504 e. The molecule has 1 amide bonds. The summed E-state index contributed by atoms with van der Waals surface area (Å²) < 4.78 is 4.95. The van der Waals surface area contributed by atoms with E-state index in [4.69, 9.17) is 14.9 Å². The molecule has 6 nitrogen and oxygen atoms in total. The molecule has 20 heavy (non-hydrogen) atoms. The number of carbonyl (C=O) groups is 1. The van der Waals surface area contributed by atoms with Gasteiger partial charge < -0.3 is 25.4 Å². The predicted molar refractivity (Wildman–Crippen MR) is 75.7 cm³/mol. The molecule has 0 radical (unpaired) electrons. The largest absolute Gasteiger partial charge is 0.504 e. The average Bonchev–Trinajstić information content (AvgIpc) is 2.41. The number of phenolic OH excluding ortho intramolecular Hbond substituents is 2. The van der Waals surface area contributed by atoms with Gasteiger partial charge in [-0.15, -0.1) is 0 Å². The van der Waals surface area contributed by atoms with Gasteiger partial charge in [-0.2, -0.15) is 0 Å². The minimum absolute atomic E-state index is 0.0668. The van der Waals surface area contributed by atoms with Crippen molar-refractivity contribution in [2.75, 3.05) is 26.4 Å². The molecule has 0 atom stereocenters. The number of ether oxygens (including phenoxy) is 1. The molecule has 0 saturated carbocycles. The fraction of sp³-hybridized carbons (Fsp3) is 0.500. The van der Waals surface area contributed by atoms with Crippen molar-refractivity contribution in [2.45, 2.75) is 20.3 Å². The monoisotopic (exact) mass is 285 g/mol. The van der Waals surface area contributed by atoms with E-state index in [1.807, 2.05) is 6.92 Å². The number of aromatic hydroxyl groups is 2. The third-order valence-corrected chi connectivity index (χ3v) is 2.21. The summed E-state index contributed by atoms with van der Waals surface area (Å²) in [5.41, 5.74) is 0.844. The van der Waals surface area contributed by atoms with Crippen LogP contribution in [0.3, 0.4) is 0 Å². The lowest BCUT2D eigenvalue weighted by molar-refractivity contribution is -0.125. The summed E-state index contributed by atoms with van der Waals surface area (Å²) in [6.07, 6.45) is 0.589. The highest BCUT2D eigenvalue weighted by Crippen LogP contribution is 2.24. The van der Waals surface area contributed by atoms with Crippen molar-refractivity contribution in [1.29, 1.82) is 0 Å². The Morgan fingerprint density at radius 3 is 2.45 bits per heavy atom. The van der Waals surface area contributed by atoms with Gasteiger partial charge in [-0.25, -0.2) is 0 Å². The number of aliphatic hydroxyl groups excluding tert-OH is 1. The van der Waals surface area contributed by atoms with Gasteiger partial charge in [-0.3, -0.25) is 4.79 Å². The molecule has 0 aliphatic rings. The molecule has 0 aliphatic carbocycles. The van der Waals surface area contributed by atoms with E-state index in [1.54, 1.807) is 13.0 Å². The van der Waals surface area contributed by atoms with Crippen molar-refractivity contribution in [2.24, 2.45) is 0 Å². The highest BCUT2D eigenvalue weighted by atomic mass is 16.5. The lowest BCUT2D eigenvalue weighted by Crippen LogP contribution is -2.29. The van der Waals surface area contributed by atoms with Crippen LogP contribution in [0.15, 0.2) is 18.2 Å². The maximum atomic E-state index is 11.2. The second-order valence-corrected chi connectivity index (χ2v) is 3.88. The van der Waals surface area contributed by atoms with Crippen LogP contribution >= 0.6 is 0 Å². The molecular formula is C14H23NO5. The van der Waals surface area contributed by atoms with E-state index in [2.05, 4.69) is 5.32 Å². The number of aliphatic hydroxyl groups is 1. The second kappa shape index (κ2) is 11.1. The summed E-state index contributed by atoms with van der Waals surface area (Å²) in [5, 5.41) is 28.6. The maximum absolute atomic E-state index is 11.2. The second-order valence-electron chi connectivity index (χ2n) is 3.88. The average molecular weight is 285 g/mol. The predicted octanol–water partition coefficient (Wildman–Crippen LogP) is 0.792. The van der Waals surface area contributed by atoms with E-state index in [0.29, 0.717) is 19.6 Å². The Kier molecular flexibility index (Phi) is 10.1. The number of hydrogen-bond acceptors (Lipinski definition) is 5. The zero-order valence-corrected chi connectivity index (χ0v) is 11.9. The summed E-state index contributed by atoms with van der Waals surface area (Å²) in [6.45, 7) is 4.80. The van der Waals surface area contributed by atoms with Gasteiger partial charge in [0.2, 0.25) is 5.91 Å². The first-order chi connectivity index (χ1) is 9.54. The Morgan fingerprint density at radius 1 is 1.25 bits per heavy atom. The van der Waals surface area contributed by atoms with Crippen LogP contribution in [0.2, 0.25) is 0 Å². The van der Waals surface area contributed by atoms with Gasteiger partial charge in [0, 0.05) is 19.8 Å². The van der Waals surface area contributed by atoms with E-state index < -0.39 is 0 Å². The molecule has 1 aromatic rings. The smallest absolute Gasteiger partial charge is 0.246 e. The van der Waals surface area contributed by atoms with Crippen LogP contribution in [0.5, 0.6) is 11.5 Å². The Morgan fingerprint density at radius 2 is 1.90 bits per heavy atom. The third kappa shape index (κ3) is 8.34. The number of amides is 1. The summed E-state index contributed by atoms with van der Waals surface area (Å²) in [7, 11) is 0. The van der Waals surface area contributed by atoms with E-state index >= 15 is 0 Å². The zero-order valence-electron chi connectivity index (χ0n) is 11.9. The van der Waals surface area contributed by atoms with E-state index in [1.165, 1.54) is 12.1 Å². The number of hydrogen-bond donors (Lipinski definition) is 4. The lowest BCUT2D eigenvalue weighted by Gasteiger charge is -2.06. The first kappa shape index (κ1) is 18.2. The molecule has 0 unspecified atom stereocenters. The third-order valence-electron chi connectivity index (χ3n) is 2.21.